The zero-order chi connectivity index (χ0) is 21.1. The van der Waals surface area contributed by atoms with Crippen molar-refractivity contribution in [2.24, 2.45) is 0 Å². The Hall–Kier alpha value is -2.38. The molecule has 1 atom stereocenters. The van der Waals surface area contributed by atoms with Crippen LogP contribution in [0.25, 0.3) is 0 Å². The number of piperidine rings is 1. The second kappa shape index (κ2) is 9.01. The number of hydrogen-bond acceptors (Lipinski definition) is 5. The van der Waals surface area contributed by atoms with Crippen molar-refractivity contribution >= 4 is 5.91 Å². The highest BCUT2D eigenvalue weighted by Gasteiger charge is 2.40. The lowest BCUT2D eigenvalue weighted by atomic mass is 9.79. The van der Waals surface area contributed by atoms with Crippen molar-refractivity contribution in [1.82, 2.24) is 20.0 Å². The first kappa shape index (κ1) is 20.5. The second-order valence-corrected chi connectivity index (χ2v) is 8.99. The van der Waals surface area contributed by atoms with Gasteiger partial charge < -0.3 is 19.7 Å². The van der Waals surface area contributed by atoms with Crippen molar-refractivity contribution in [3.8, 4) is 5.75 Å². The number of aromatic nitrogens is 2. The van der Waals surface area contributed by atoms with E-state index in [1.54, 1.807) is 0 Å². The maximum Gasteiger partial charge on any atom is 0.220 e. The summed E-state index contributed by atoms with van der Waals surface area (Å²) in [6, 6.07) is 8.58. The van der Waals surface area contributed by atoms with E-state index < -0.39 is 0 Å². The SMILES string of the molecule is O=C1CC[C@H](COc2ccc3c(c2)CCOC32CCN(CCCn3cccn3)CC2)N1. The number of carbonyl (C=O) groups is 1. The normalized spacial score (nSPS) is 23.0. The highest BCUT2D eigenvalue weighted by Crippen LogP contribution is 2.42. The summed E-state index contributed by atoms with van der Waals surface area (Å²) in [6.45, 7) is 5.53. The van der Waals surface area contributed by atoms with E-state index in [-0.39, 0.29) is 17.6 Å². The van der Waals surface area contributed by atoms with Crippen LogP contribution in [-0.4, -0.2) is 59.5 Å². The fourth-order valence-corrected chi connectivity index (χ4v) is 5.18. The van der Waals surface area contributed by atoms with E-state index in [1.165, 1.54) is 11.1 Å². The van der Waals surface area contributed by atoms with Gasteiger partial charge in [0.05, 0.1) is 18.2 Å². The number of aryl methyl sites for hydroxylation is 1. The van der Waals surface area contributed by atoms with Crippen molar-refractivity contribution in [2.45, 2.75) is 56.7 Å². The number of rotatable bonds is 7. The maximum atomic E-state index is 11.4. The average Bonchev–Trinajstić information content (AvgIpc) is 3.46. The number of carbonyl (C=O) groups excluding carboxylic acids is 1. The molecule has 2 saturated heterocycles. The number of fused-ring (bicyclic) bond motifs is 2. The van der Waals surface area contributed by atoms with Crippen LogP contribution in [0.3, 0.4) is 0 Å². The van der Waals surface area contributed by atoms with Crippen LogP contribution in [0.4, 0.5) is 0 Å². The van der Waals surface area contributed by atoms with Gasteiger partial charge in [0, 0.05) is 38.4 Å². The van der Waals surface area contributed by atoms with E-state index >= 15 is 0 Å². The maximum absolute atomic E-state index is 11.4. The summed E-state index contributed by atoms with van der Waals surface area (Å²) in [5, 5.41) is 7.25. The first-order chi connectivity index (χ1) is 15.2. The third-order valence-electron chi connectivity index (χ3n) is 6.94. The van der Waals surface area contributed by atoms with Gasteiger partial charge in [-0.3, -0.25) is 9.48 Å². The number of benzene rings is 1. The van der Waals surface area contributed by atoms with Crippen molar-refractivity contribution in [2.75, 3.05) is 32.8 Å². The topological polar surface area (TPSA) is 68.6 Å². The molecule has 0 unspecified atom stereocenters. The van der Waals surface area contributed by atoms with Crippen molar-refractivity contribution in [3.63, 3.8) is 0 Å². The molecule has 7 nitrogen and oxygen atoms in total. The molecule has 0 bridgehead atoms. The molecule has 31 heavy (non-hydrogen) atoms. The Morgan fingerprint density at radius 1 is 1.23 bits per heavy atom. The molecule has 1 aromatic carbocycles. The highest BCUT2D eigenvalue weighted by molar-refractivity contribution is 5.78. The molecule has 1 N–H and O–H groups in total. The molecule has 3 aliphatic rings. The fourth-order valence-electron chi connectivity index (χ4n) is 5.18. The van der Waals surface area contributed by atoms with E-state index in [9.17, 15) is 4.79 Å². The van der Waals surface area contributed by atoms with Gasteiger partial charge in [0.15, 0.2) is 0 Å². The van der Waals surface area contributed by atoms with Gasteiger partial charge >= 0.3 is 0 Å². The number of nitrogens with zero attached hydrogens (tertiary/aromatic N) is 3. The Labute approximate surface area is 183 Å². The zero-order valence-corrected chi connectivity index (χ0v) is 18.1. The van der Waals surface area contributed by atoms with Crippen molar-refractivity contribution in [3.05, 3.63) is 47.8 Å². The lowest BCUT2D eigenvalue weighted by Gasteiger charge is -2.45. The Kier molecular flexibility index (Phi) is 5.96. The molecule has 2 aromatic rings. The largest absolute Gasteiger partial charge is 0.491 e. The van der Waals surface area contributed by atoms with Gasteiger partial charge in [-0.05, 0) is 68.0 Å². The molecule has 1 spiro atoms. The summed E-state index contributed by atoms with van der Waals surface area (Å²) < 4.78 is 14.4. The number of hydrogen-bond donors (Lipinski definition) is 1. The average molecular weight is 425 g/mol. The fraction of sp³-hybridized carbons (Fsp3) is 0.583. The number of ether oxygens (including phenoxy) is 2. The van der Waals surface area contributed by atoms with Crippen LogP contribution in [0, 0.1) is 0 Å². The molecule has 1 amide bonds. The molecular formula is C24H32N4O3. The Bertz CT molecular complexity index is 890. The lowest BCUT2D eigenvalue weighted by molar-refractivity contribution is -0.119. The van der Waals surface area contributed by atoms with Gasteiger partial charge in [0.25, 0.3) is 0 Å². The third kappa shape index (κ3) is 4.62. The molecular weight excluding hydrogens is 392 g/mol. The first-order valence-corrected chi connectivity index (χ1v) is 11.6. The van der Waals surface area contributed by atoms with E-state index in [4.69, 9.17) is 9.47 Å². The molecule has 0 aliphatic carbocycles. The zero-order valence-electron chi connectivity index (χ0n) is 18.1. The van der Waals surface area contributed by atoms with Crippen molar-refractivity contribution < 1.29 is 14.3 Å². The predicted molar refractivity (Wildman–Crippen MR) is 117 cm³/mol. The standard InChI is InChI=1S/C24H32N4O3/c29-23-6-3-20(26-23)18-30-21-4-5-22-19(17-21)7-16-31-24(22)8-14-27(15-9-24)11-2-13-28-12-1-10-25-28/h1,4-5,10,12,17,20H,2-3,6-9,11,13-16,18H2,(H,26,29)/t20-/m1/s1. The molecule has 166 valence electrons. The van der Waals surface area contributed by atoms with E-state index in [2.05, 4.69) is 33.5 Å². The van der Waals surface area contributed by atoms with E-state index in [0.29, 0.717) is 13.0 Å². The smallest absolute Gasteiger partial charge is 0.220 e. The summed E-state index contributed by atoms with van der Waals surface area (Å²) >= 11 is 0. The minimum atomic E-state index is -0.149. The minimum absolute atomic E-state index is 0.130. The molecule has 1 aromatic heterocycles. The quantitative estimate of drug-likeness (QED) is 0.740. The Morgan fingerprint density at radius 2 is 2.13 bits per heavy atom. The molecule has 2 fully saturated rings. The van der Waals surface area contributed by atoms with Gasteiger partial charge in [-0.1, -0.05) is 6.07 Å². The van der Waals surface area contributed by atoms with E-state index in [1.807, 2.05) is 23.1 Å². The summed E-state index contributed by atoms with van der Waals surface area (Å²) in [5.41, 5.74) is 2.55. The van der Waals surface area contributed by atoms with Crippen LogP contribution in [0.2, 0.25) is 0 Å². The van der Waals surface area contributed by atoms with E-state index in [0.717, 1.165) is 70.6 Å². The third-order valence-corrected chi connectivity index (χ3v) is 6.94. The van der Waals surface area contributed by atoms with Gasteiger partial charge in [0.2, 0.25) is 5.91 Å². The minimum Gasteiger partial charge on any atom is -0.491 e. The first-order valence-electron chi connectivity index (χ1n) is 11.6. The Morgan fingerprint density at radius 3 is 2.90 bits per heavy atom. The van der Waals surface area contributed by atoms with Gasteiger partial charge in [-0.2, -0.15) is 5.10 Å². The molecule has 7 heteroatoms. The second-order valence-electron chi connectivity index (χ2n) is 8.99. The monoisotopic (exact) mass is 424 g/mol. The summed E-state index contributed by atoms with van der Waals surface area (Å²) in [7, 11) is 0. The molecule has 5 rings (SSSR count). The van der Waals surface area contributed by atoms with Crippen LogP contribution in [0.1, 0.15) is 43.2 Å². The van der Waals surface area contributed by atoms with Crippen molar-refractivity contribution in [1.29, 1.82) is 0 Å². The number of amides is 1. The van der Waals surface area contributed by atoms with Crippen LogP contribution < -0.4 is 10.1 Å². The lowest BCUT2D eigenvalue weighted by Crippen LogP contribution is -2.46. The highest BCUT2D eigenvalue weighted by atomic mass is 16.5. The molecule has 3 aliphatic heterocycles. The van der Waals surface area contributed by atoms with Crippen LogP contribution in [0.5, 0.6) is 5.75 Å². The molecule has 0 radical (unpaired) electrons. The molecule has 4 heterocycles. The summed E-state index contributed by atoms with van der Waals surface area (Å²) in [6.07, 6.45) is 9.46. The van der Waals surface area contributed by atoms with Gasteiger partial charge in [-0.15, -0.1) is 0 Å². The van der Waals surface area contributed by atoms with Crippen LogP contribution in [0.15, 0.2) is 36.7 Å². The molecule has 0 saturated carbocycles. The number of nitrogens with one attached hydrogen (secondary N) is 1. The van der Waals surface area contributed by atoms with Gasteiger partial charge in [0.1, 0.15) is 12.4 Å². The van der Waals surface area contributed by atoms with Gasteiger partial charge in [-0.25, -0.2) is 0 Å². The van der Waals surface area contributed by atoms with Crippen LogP contribution in [-0.2, 0) is 28.1 Å². The summed E-state index contributed by atoms with van der Waals surface area (Å²) in [5.74, 6) is 1.03. The summed E-state index contributed by atoms with van der Waals surface area (Å²) in [4.78, 5) is 13.9. The van der Waals surface area contributed by atoms with Crippen LogP contribution >= 0.6 is 0 Å². The Balaban J connectivity index is 1.16. The predicted octanol–water partition coefficient (Wildman–Crippen LogP) is 2.49. The number of likely N-dealkylation sites (tertiary alicyclic amines) is 1.